The predicted octanol–water partition coefficient (Wildman–Crippen LogP) is 1.62. The molecule has 0 saturated heterocycles. The van der Waals surface area contributed by atoms with Gasteiger partial charge in [0.05, 0.1) is 5.69 Å². The van der Waals surface area contributed by atoms with E-state index >= 15 is 0 Å². The molecule has 112 valence electrons. The van der Waals surface area contributed by atoms with Gasteiger partial charge in [-0.2, -0.15) is 0 Å². The average Bonchev–Trinajstić information content (AvgIpc) is 3.05. The summed E-state index contributed by atoms with van der Waals surface area (Å²) in [4.78, 5) is 3.13. The van der Waals surface area contributed by atoms with Crippen molar-refractivity contribution in [3.8, 4) is 0 Å². The lowest BCUT2D eigenvalue weighted by Gasteiger charge is -2.18. The molecule has 3 rings (SSSR count). The molecule has 0 atom stereocenters. The lowest BCUT2D eigenvalue weighted by Crippen LogP contribution is -2.28. The van der Waals surface area contributed by atoms with Gasteiger partial charge >= 0.3 is 0 Å². The van der Waals surface area contributed by atoms with Gasteiger partial charge in [0, 0.05) is 25.0 Å². The van der Waals surface area contributed by atoms with Crippen molar-refractivity contribution in [1.82, 2.24) is 10.3 Å². The van der Waals surface area contributed by atoms with E-state index < -0.39 is 15.8 Å². The third-order valence-electron chi connectivity index (χ3n) is 3.57. The van der Waals surface area contributed by atoms with Crippen molar-refractivity contribution in [2.75, 3.05) is 17.9 Å². The summed E-state index contributed by atoms with van der Waals surface area (Å²) >= 11 is 0. The molecule has 1 aliphatic rings. The molecule has 0 bridgehead atoms. The first kappa shape index (κ1) is 14.1. The molecule has 0 amide bonds. The minimum absolute atomic E-state index is 0.199. The standard InChI is InChI=1S/C14H16FN3O2S/c1-16-8-12-7-13(9-17-12)21(19,20)18-5-4-10-2-3-11(15)6-14(10)18/h2-3,6-7,9,16-17H,4-5,8H2,1H3. The Morgan fingerprint density at radius 3 is 2.95 bits per heavy atom. The molecule has 0 aliphatic carbocycles. The third-order valence-corrected chi connectivity index (χ3v) is 5.36. The lowest BCUT2D eigenvalue weighted by atomic mass is 10.2. The monoisotopic (exact) mass is 309 g/mol. The largest absolute Gasteiger partial charge is 0.363 e. The van der Waals surface area contributed by atoms with E-state index in [9.17, 15) is 12.8 Å². The van der Waals surface area contributed by atoms with E-state index in [1.807, 2.05) is 0 Å². The molecule has 2 heterocycles. The second kappa shape index (κ2) is 5.16. The Labute approximate surface area is 122 Å². The van der Waals surface area contributed by atoms with E-state index in [0.29, 0.717) is 25.2 Å². The average molecular weight is 309 g/mol. The minimum atomic E-state index is -3.66. The van der Waals surface area contributed by atoms with Crippen molar-refractivity contribution >= 4 is 15.7 Å². The molecule has 0 unspecified atom stereocenters. The molecular weight excluding hydrogens is 293 g/mol. The van der Waals surface area contributed by atoms with Crippen LogP contribution in [-0.2, 0) is 23.0 Å². The summed E-state index contributed by atoms with van der Waals surface area (Å²) in [5, 5.41) is 2.95. The molecule has 0 saturated carbocycles. The number of nitrogens with one attached hydrogen (secondary N) is 2. The van der Waals surface area contributed by atoms with Gasteiger partial charge in [0.1, 0.15) is 10.7 Å². The van der Waals surface area contributed by atoms with Crippen molar-refractivity contribution in [3.63, 3.8) is 0 Å². The molecule has 5 nitrogen and oxygen atoms in total. The maximum absolute atomic E-state index is 13.4. The normalized spacial score (nSPS) is 14.5. The van der Waals surface area contributed by atoms with E-state index in [1.54, 1.807) is 19.2 Å². The number of rotatable bonds is 4. The highest BCUT2D eigenvalue weighted by Crippen LogP contribution is 2.33. The van der Waals surface area contributed by atoms with Crippen LogP contribution in [0.25, 0.3) is 0 Å². The number of nitrogens with zero attached hydrogens (tertiary/aromatic N) is 1. The van der Waals surface area contributed by atoms with Crippen LogP contribution in [0.1, 0.15) is 11.3 Å². The number of aromatic nitrogens is 1. The Balaban J connectivity index is 1.98. The van der Waals surface area contributed by atoms with Gasteiger partial charge in [0.25, 0.3) is 10.0 Å². The first-order valence-electron chi connectivity index (χ1n) is 6.65. The summed E-state index contributed by atoms with van der Waals surface area (Å²) in [6.45, 7) is 0.897. The zero-order valence-electron chi connectivity index (χ0n) is 11.6. The van der Waals surface area contributed by atoms with Crippen LogP contribution in [0.5, 0.6) is 0 Å². The van der Waals surface area contributed by atoms with E-state index in [-0.39, 0.29) is 4.90 Å². The van der Waals surface area contributed by atoms with Crippen molar-refractivity contribution in [2.45, 2.75) is 17.9 Å². The van der Waals surface area contributed by atoms with Gasteiger partial charge in [-0.15, -0.1) is 0 Å². The van der Waals surface area contributed by atoms with Gasteiger partial charge in [-0.1, -0.05) is 6.07 Å². The zero-order chi connectivity index (χ0) is 15.0. The molecule has 2 N–H and O–H groups in total. The molecule has 0 radical (unpaired) electrons. The van der Waals surface area contributed by atoms with Crippen LogP contribution in [0.4, 0.5) is 10.1 Å². The summed E-state index contributed by atoms with van der Waals surface area (Å²) in [5.41, 5.74) is 2.08. The fraction of sp³-hybridized carbons (Fsp3) is 0.286. The number of fused-ring (bicyclic) bond motifs is 1. The van der Waals surface area contributed by atoms with E-state index in [0.717, 1.165) is 11.3 Å². The number of aromatic amines is 1. The number of benzene rings is 1. The quantitative estimate of drug-likeness (QED) is 0.902. The molecule has 0 fully saturated rings. The minimum Gasteiger partial charge on any atom is -0.363 e. The van der Waals surface area contributed by atoms with Crippen molar-refractivity contribution in [1.29, 1.82) is 0 Å². The number of H-pyrrole nitrogens is 1. The van der Waals surface area contributed by atoms with Crippen LogP contribution in [0.3, 0.4) is 0 Å². The highest BCUT2D eigenvalue weighted by molar-refractivity contribution is 7.92. The van der Waals surface area contributed by atoms with Crippen LogP contribution in [0, 0.1) is 5.82 Å². The summed E-state index contributed by atoms with van der Waals surface area (Å²) in [5.74, 6) is -0.430. The van der Waals surface area contributed by atoms with Gasteiger partial charge < -0.3 is 10.3 Å². The molecule has 1 aromatic heterocycles. The molecule has 1 aliphatic heterocycles. The Morgan fingerprint density at radius 2 is 2.19 bits per heavy atom. The second-order valence-electron chi connectivity index (χ2n) is 4.99. The molecule has 2 aromatic rings. The maximum atomic E-state index is 13.4. The topological polar surface area (TPSA) is 65.2 Å². The van der Waals surface area contributed by atoms with Gasteiger partial charge in [-0.25, -0.2) is 12.8 Å². The Bertz CT molecular complexity index is 770. The summed E-state index contributed by atoms with van der Waals surface area (Å²) in [7, 11) is -1.87. The Hall–Kier alpha value is -1.86. The van der Waals surface area contributed by atoms with Gasteiger partial charge in [-0.05, 0) is 37.2 Å². The van der Waals surface area contributed by atoms with Gasteiger partial charge in [0.2, 0.25) is 0 Å². The zero-order valence-corrected chi connectivity index (χ0v) is 12.4. The number of sulfonamides is 1. The van der Waals surface area contributed by atoms with E-state index in [2.05, 4.69) is 10.3 Å². The van der Waals surface area contributed by atoms with Crippen molar-refractivity contribution in [2.24, 2.45) is 0 Å². The fourth-order valence-corrected chi connectivity index (χ4v) is 4.07. The van der Waals surface area contributed by atoms with Gasteiger partial charge in [-0.3, -0.25) is 4.31 Å². The predicted molar refractivity (Wildman–Crippen MR) is 78.2 cm³/mol. The van der Waals surface area contributed by atoms with E-state index in [1.165, 1.54) is 22.6 Å². The van der Waals surface area contributed by atoms with Crippen LogP contribution >= 0.6 is 0 Å². The Kier molecular flexibility index (Phi) is 3.46. The van der Waals surface area contributed by atoms with E-state index in [4.69, 9.17) is 0 Å². The van der Waals surface area contributed by atoms with Crippen molar-refractivity contribution in [3.05, 3.63) is 47.5 Å². The first-order chi connectivity index (χ1) is 10.0. The van der Waals surface area contributed by atoms with Crippen LogP contribution in [0.2, 0.25) is 0 Å². The van der Waals surface area contributed by atoms with Crippen LogP contribution < -0.4 is 9.62 Å². The summed E-state index contributed by atoms with van der Waals surface area (Å²) in [6.07, 6.45) is 2.07. The third kappa shape index (κ3) is 2.43. The maximum Gasteiger partial charge on any atom is 0.265 e. The van der Waals surface area contributed by atoms with Crippen LogP contribution in [-0.4, -0.2) is 27.0 Å². The smallest absolute Gasteiger partial charge is 0.265 e. The number of halogens is 1. The van der Waals surface area contributed by atoms with Crippen LogP contribution in [0.15, 0.2) is 35.4 Å². The lowest BCUT2D eigenvalue weighted by molar-refractivity contribution is 0.592. The molecule has 0 spiro atoms. The molecule has 7 heteroatoms. The summed E-state index contributed by atoms with van der Waals surface area (Å²) in [6, 6.07) is 5.88. The summed E-state index contributed by atoms with van der Waals surface area (Å²) < 4.78 is 40.0. The first-order valence-corrected chi connectivity index (χ1v) is 8.09. The highest BCUT2D eigenvalue weighted by atomic mass is 32.2. The van der Waals surface area contributed by atoms with Gasteiger partial charge in [0.15, 0.2) is 0 Å². The number of anilines is 1. The highest BCUT2D eigenvalue weighted by Gasteiger charge is 2.31. The fourth-order valence-electron chi connectivity index (χ4n) is 2.56. The SMILES string of the molecule is CNCc1cc(S(=O)(=O)N2CCc3ccc(F)cc32)c[nH]1. The number of hydrogen-bond acceptors (Lipinski definition) is 3. The number of hydrogen-bond donors (Lipinski definition) is 2. The van der Waals surface area contributed by atoms with Crippen molar-refractivity contribution < 1.29 is 12.8 Å². The molecule has 1 aromatic carbocycles. The Morgan fingerprint density at radius 1 is 1.38 bits per heavy atom. The molecular formula is C14H16FN3O2S. The second-order valence-corrected chi connectivity index (χ2v) is 6.85. The molecule has 21 heavy (non-hydrogen) atoms.